The highest BCUT2D eigenvalue weighted by molar-refractivity contribution is 7.84. The van der Waals surface area contributed by atoms with Crippen molar-refractivity contribution in [3.8, 4) is 11.6 Å². The molecule has 1 aliphatic rings. The lowest BCUT2D eigenvalue weighted by molar-refractivity contribution is -0.114. The van der Waals surface area contributed by atoms with Gasteiger partial charge in [-0.2, -0.15) is 0 Å². The third kappa shape index (κ3) is 4.46. The van der Waals surface area contributed by atoms with E-state index in [-0.39, 0.29) is 33.5 Å². The fourth-order valence-electron chi connectivity index (χ4n) is 3.46. The molecule has 0 bridgehead atoms. The lowest BCUT2D eigenvalue weighted by Gasteiger charge is -2.25. The van der Waals surface area contributed by atoms with Crippen molar-refractivity contribution in [2.24, 2.45) is 0 Å². The van der Waals surface area contributed by atoms with Crippen LogP contribution >= 0.6 is 11.6 Å². The fraction of sp³-hybridized carbons (Fsp3) is 0.333. The van der Waals surface area contributed by atoms with Gasteiger partial charge in [0.25, 0.3) is 17.7 Å². The Morgan fingerprint density at radius 1 is 1.22 bits per heavy atom. The van der Waals surface area contributed by atoms with Gasteiger partial charge in [0.05, 0.1) is 47.3 Å². The van der Waals surface area contributed by atoms with Gasteiger partial charge in [0.15, 0.2) is 5.75 Å². The number of hydrogen-bond acceptors (Lipinski definition) is 7. The number of pyridine rings is 1. The molecule has 0 fully saturated rings. The first-order chi connectivity index (χ1) is 15.2. The number of hydrogen-bond donors (Lipinski definition) is 1. The zero-order chi connectivity index (χ0) is 23.6. The molecule has 170 valence electrons. The van der Waals surface area contributed by atoms with Gasteiger partial charge in [0.1, 0.15) is 0 Å². The van der Waals surface area contributed by atoms with E-state index in [2.05, 4.69) is 10.3 Å². The van der Waals surface area contributed by atoms with Crippen LogP contribution < -0.4 is 14.8 Å². The summed E-state index contributed by atoms with van der Waals surface area (Å²) in [6.45, 7) is 3.39. The first-order valence-electron chi connectivity index (χ1n) is 9.65. The summed E-state index contributed by atoms with van der Waals surface area (Å²) in [6.07, 6.45) is 1.47. The Morgan fingerprint density at radius 3 is 2.50 bits per heavy atom. The number of nitrogens with one attached hydrogen (secondary N) is 1. The Balaban J connectivity index is 2.13. The van der Waals surface area contributed by atoms with Crippen LogP contribution in [-0.2, 0) is 15.6 Å². The Bertz CT molecular complexity index is 1120. The van der Waals surface area contributed by atoms with Crippen molar-refractivity contribution in [1.82, 2.24) is 9.88 Å². The summed E-state index contributed by atoms with van der Waals surface area (Å²) < 4.78 is 22.9. The van der Waals surface area contributed by atoms with Crippen molar-refractivity contribution in [3.63, 3.8) is 0 Å². The second-order valence-corrected chi connectivity index (χ2v) is 8.83. The summed E-state index contributed by atoms with van der Waals surface area (Å²) >= 11 is 6.24. The highest BCUT2D eigenvalue weighted by atomic mass is 35.5. The van der Waals surface area contributed by atoms with Crippen molar-refractivity contribution in [2.45, 2.75) is 19.9 Å². The van der Waals surface area contributed by atoms with E-state index in [4.69, 9.17) is 21.1 Å². The first kappa shape index (κ1) is 23.7. The molecule has 1 aromatic carbocycles. The van der Waals surface area contributed by atoms with Crippen LogP contribution in [0.2, 0.25) is 5.02 Å². The van der Waals surface area contributed by atoms with Crippen LogP contribution in [0, 0.1) is 0 Å². The molecule has 9 nitrogen and oxygen atoms in total. The largest absolute Gasteiger partial charge is 0.491 e. The van der Waals surface area contributed by atoms with Gasteiger partial charge in [-0.05, 0) is 31.2 Å². The standard InChI is InChI=1S/C21H22ClN3O6S/c1-5-31-19-16(30-3)9-8-13(24-19)15(10-32(4)29)25-20(27)17-12(22)6-7-14(23-11(2)26)18(17)21(25)28/h6-9,15H,5,10H2,1-4H3,(H,23,26). The lowest BCUT2D eigenvalue weighted by Crippen LogP contribution is -2.37. The van der Waals surface area contributed by atoms with Gasteiger partial charge >= 0.3 is 0 Å². The maximum absolute atomic E-state index is 13.4. The molecule has 0 radical (unpaired) electrons. The number of anilines is 1. The van der Waals surface area contributed by atoms with Crippen molar-refractivity contribution in [2.75, 3.05) is 31.0 Å². The summed E-state index contributed by atoms with van der Waals surface area (Å²) in [7, 11) is 0.0802. The molecular weight excluding hydrogens is 458 g/mol. The van der Waals surface area contributed by atoms with E-state index < -0.39 is 34.6 Å². The Labute approximate surface area is 192 Å². The molecule has 2 unspecified atom stereocenters. The number of methoxy groups -OCH3 is 1. The molecule has 0 saturated carbocycles. The average Bonchev–Trinajstić information content (AvgIpc) is 2.99. The zero-order valence-electron chi connectivity index (χ0n) is 17.9. The van der Waals surface area contributed by atoms with Gasteiger partial charge in [0, 0.05) is 29.7 Å². The second kappa shape index (κ2) is 9.66. The molecule has 11 heteroatoms. The van der Waals surface area contributed by atoms with Crippen molar-refractivity contribution in [3.05, 3.63) is 46.1 Å². The van der Waals surface area contributed by atoms with Crippen LogP contribution in [0.1, 0.15) is 46.3 Å². The Morgan fingerprint density at radius 2 is 1.91 bits per heavy atom. The predicted octanol–water partition coefficient (Wildman–Crippen LogP) is 2.82. The molecule has 1 N–H and O–H groups in total. The first-order valence-corrected chi connectivity index (χ1v) is 11.8. The van der Waals surface area contributed by atoms with Gasteiger partial charge in [-0.15, -0.1) is 0 Å². The fourth-order valence-corrected chi connectivity index (χ4v) is 4.46. The molecule has 2 heterocycles. The number of amides is 3. The predicted molar refractivity (Wildman–Crippen MR) is 120 cm³/mol. The van der Waals surface area contributed by atoms with Crippen LogP contribution in [0.25, 0.3) is 0 Å². The minimum Gasteiger partial charge on any atom is -0.491 e. The number of benzene rings is 1. The average molecular weight is 480 g/mol. The van der Waals surface area contributed by atoms with E-state index in [1.54, 1.807) is 19.1 Å². The molecule has 0 spiro atoms. The quantitative estimate of drug-likeness (QED) is 0.579. The summed E-state index contributed by atoms with van der Waals surface area (Å²) in [4.78, 5) is 43.7. The lowest BCUT2D eigenvalue weighted by atomic mass is 10.1. The normalized spacial score (nSPS) is 14.7. The Hall–Kier alpha value is -2.98. The van der Waals surface area contributed by atoms with Gasteiger partial charge in [-0.1, -0.05) is 11.6 Å². The van der Waals surface area contributed by atoms with Gasteiger partial charge < -0.3 is 14.8 Å². The van der Waals surface area contributed by atoms with Crippen molar-refractivity contribution >= 4 is 45.8 Å². The number of fused-ring (bicyclic) bond motifs is 1. The van der Waals surface area contributed by atoms with Gasteiger partial charge in [-0.3, -0.25) is 23.5 Å². The van der Waals surface area contributed by atoms with Gasteiger partial charge in [0.2, 0.25) is 5.91 Å². The van der Waals surface area contributed by atoms with Crippen LogP contribution in [0.5, 0.6) is 11.6 Å². The minimum atomic E-state index is -1.39. The summed E-state index contributed by atoms with van der Waals surface area (Å²) in [6, 6.07) is 5.13. The number of halogens is 1. The number of carbonyl (C=O) groups excluding carboxylic acids is 3. The molecule has 2 atom stereocenters. The molecule has 0 saturated heterocycles. The third-order valence-corrected chi connectivity index (χ3v) is 5.82. The molecular formula is C21H22ClN3O6S. The van der Waals surface area contributed by atoms with Crippen LogP contribution in [0.4, 0.5) is 5.69 Å². The van der Waals surface area contributed by atoms with E-state index in [1.807, 2.05) is 0 Å². The van der Waals surface area contributed by atoms with Crippen LogP contribution in [0.3, 0.4) is 0 Å². The number of ether oxygens (including phenoxy) is 2. The van der Waals surface area contributed by atoms with E-state index >= 15 is 0 Å². The molecule has 1 aromatic heterocycles. The van der Waals surface area contributed by atoms with Crippen molar-refractivity contribution < 1.29 is 28.1 Å². The number of aromatic nitrogens is 1. The highest BCUT2D eigenvalue weighted by Crippen LogP contribution is 2.39. The maximum atomic E-state index is 13.4. The van der Waals surface area contributed by atoms with E-state index in [1.165, 1.54) is 32.4 Å². The minimum absolute atomic E-state index is 0.0110. The van der Waals surface area contributed by atoms with Crippen molar-refractivity contribution in [1.29, 1.82) is 0 Å². The topological polar surface area (TPSA) is 115 Å². The number of rotatable bonds is 8. The Kier molecular flexibility index (Phi) is 7.15. The molecule has 32 heavy (non-hydrogen) atoms. The summed E-state index contributed by atoms with van der Waals surface area (Å²) in [5, 5.41) is 2.63. The number of carbonyl (C=O) groups is 3. The summed E-state index contributed by atoms with van der Waals surface area (Å²) in [5.41, 5.74) is 0.444. The maximum Gasteiger partial charge on any atom is 0.264 e. The smallest absolute Gasteiger partial charge is 0.264 e. The molecule has 3 amide bonds. The molecule has 2 aromatic rings. The number of nitrogens with zero attached hydrogens (tertiary/aromatic N) is 2. The van der Waals surface area contributed by atoms with Gasteiger partial charge in [-0.25, -0.2) is 4.98 Å². The molecule has 0 aliphatic carbocycles. The van der Waals surface area contributed by atoms with Crippen LogP contribution in [0.15, 0.2) is 24.3 Å². The highest BCUT2D eigenvalue weighted by Gasteiger charge is 2.44. The van der Waals surface area contributed by atoms with E-state index in [9.17, 15) is 18.6 Å². The monoisotopic (exact) mass is 479 g/mol. The van der Waals surface area contributed by atoms with E-state index in [0.29, 0.717) is 18.1 Å². The third-order valence-electron chi connectivity index (χ3n) is 4.72. The van der Waals surface area contributed by atoms with E-state index in [0.717, 1.165) is 4.90 Å². The summed E-state index contributed by atoms with van der Waals surface area (Å²) in [5.74, 6) is -1.21. The number of imide groups is 1. The molecule has 3 rings (SSSR count). The SMILES string of the molecule is CCOc1nc(C(CS(C)=O)N2C(=O)c3c(Cl)ccc(NC(C)=O)c3C2=O)ccc1OC. The zero-order valence-corrected chi connectivity index (χ0v) is 19.5. The molecule has 1 aliphatic heterocycles. The second-order valence-electron chi connectivity index (χ2n) is 6.94. The van der Waals surface area contributed by atoms with Crippen LogP contribution in [-0.4, -0.2) is 57.5 Å².